The number of rotatable bonds is 3. The second kappa shape index (κ2) is 8.44. The zero-order chi connectivity index (χ0) is 22.1. The number of nitrogens with zero attached hydrogens (tertiary/aromatic N) is 2. The first-order valence-electron chi connectivity index (χ1n) is 10.4. The molecule has 0 saturated carbocycles. The smallest absolute Gasteiger partial charge is 0.322 e. The standard InChI is InChI=1S/C26H22ClN3O2/c1-32-22-13-11-21(12-14-22)28-26(31)30-17-19-6-2-3-9-23(19)29-15-5-10-24(29)25(30)18-7-4-8-20(27)16-18/h2-16,25H,17H2,1H3,(H,28,31)/t25-/m0/s1. The van der Waals surface area contributed by atoms with Crippen LogP contribution < -0.4 is 10.1 Å². The minimum Gasteiger partial charge on any atom is -0.497 e. The van der Waals surface area contributed by atoms with Gasteiger partial charge in [0.05, 0.1) is 25.4 Å². The molecule has 0 radical (unpaired) electrons. The van der Waals surface area contributed by atoms with Crippen LogP contribution in [-0.2, 0) is 6.54 Å². The Balaban J connectivity index is 1.60. The summed E-state index contributed by atoms with van der Waals surface area (Å²) >= 11 is 6.34. The molecule has 0 bridgehead atoms. The fourth-order valence-electron chi connectivity index (χ4n) is 4.24. The van der Waals surface area contributed by atoms with E-state index in [9.17, 15) is 4.79 Å². The average Bonchev–Trinajstić information content (AvgIpc) is 3.23. The van der Waals surface area contributed by atoms with Gasteiger partial charge in [0.2, 0.25) is 0 Å². The SMILES string of the molecule is COc1ccc(NC(=O)N2Cc3ccccc3-n3cccc3[C@@H]2c2cccc(Cl)c2)cc1. The van der Waals surface area contributed by atoms with Gasteiger partial charge in [0.1, 0.15) is 5.75 Å². The Kier molecular flexibility index (Phi) is 5.33. The molecule has 0 unspecified atom stereocenters. The second-order valence-electron chi connectivity index (χ2n) is 7.68. The summed E-state index contributed by atoms with van der Waals surface area (Å²) in [5, 5.41) is 3.69. The maximum Gasteiger partial charge on any atom is 0.322 e. The van der Waals surface area contributed by atoms with Crippen molar-refractivity contribution in [1.82, 2.24) is 9.47 Å². The zero-order valence-electron chi connectivity index (χ0n) is 17.5. The lowest BCUT2D eigenvalue weighted by atomic mass is 10.0. The second-order valence-corrected chi connectivity index (χ2v) is 8.11. The molecule has 1 aliphatic heterocycles. The van der Waals surface area contributed by atoms with Crippen molar-refractivity contribution < 1.29 is 9.53 Å². The van der Waals surface area contributed by atoms with Crippen LogP contribution in [-0.4, -0.2) is 22.6 Å². The highest BCUT2D eigenvalue weighted by molar-refractivity contribution is 6.30. The number of aromatic nitrogens is 1. The van der Waals surface area contributed by atoms with Crippen molar-refractivity contribution in [2.45, 2.75) is 12.6 Å². The number of carbonyl (C=O) groups excluding carboxylic acids is 1. The number of anilines is 1. The number of carbonyl (C=O) groups is 1. The van der Waals surface area contributed by atoms with Crippen LogP contribution >= 0.6 is 11.6 Å². The number of nitrogens with one attached hydrogen (secondary N) is 1. The predicted octanol–water partition coefficient (Wildman–Crippen LogP) is 6.28. The van der Waals surface area contributed by atoms with Crippen LogP contribution in [0, 0.1) is 0 Å². The van der Waals surface area contributed by atoms with E-state index < -0.39 is 0 Å². The molecule has 0 aliphatic carbocycles. The van der Waals surface area contributed by atoms with Crippen LogP contribution in [0.15, 0.2) is 91.1 Å². The van der Waals surface area contributed by atoms with Gasteiger partial charge in [0.25, 0.3) is 0 Å². The molecular weight excluding hydrogens is 422 g/mol. The van der Waals surface area contributed by atoms with E-state index in [-0.39, 0.29) is 12.1 Å². The Labute approximate surface area is 191 Å². The van der Waals surface area contributed by atoms with E-state index in [2.05, 4.69) is 28.1 Å². The third-order valence-corrected chi connectivity index (χ3v) is 5.97. The maximum atomic E-state index is 13.6. The van der Waals surface area contributed by atoms with E-state index in [1.54, 1.807) is 7.11 Å². The third kappa shape index (κ3) is 3.72. The van der Waals surface area contributed by atoms with Gasteiger partial charge in [0, 0.05) is 22.6 Å². The van der Waals surface area contributed by atoms with E-state index in [1.165, 1.54) is 0 Å². The van der Waals surface area contributed by atoms with E-state index >= 15 is 0 Å². The van der Waals surface area contributed by atoms with Gasteiger partial charge < -0.3 is 19.5 Å². The molecule has 3 aromatic carbocycles. The monoisotopic (exact) mass is 443 g/mol. The largest absolute Gasteiger partial charge is 0.497 e. The Morgan fingerprint density at radius 1 is 1.00 bits per heavy atom. The van der Waals surface area contributed by atoms with Crippen molar-refractivity contribution in [3.63, 3.8) is 0 Å². The number of urea groups is 1. The van der Waals surface area contributed by atoms with E-state index in [0.717, 1.165) is 28.3 Å². The van der Waals surface area contributed by atoms with Crippen LogP contribution in [0.5, 0.6) is 5.75 Å². The molecule has 1 aliphatic rings. The lowest BCUT2D eigenvalue weighted by Gasteiger charge is -2.31. The van der Waals surface area contributed by atoms with Crippen molar-refractivity contribution >= 4 is 23.3 Å². The molecule has 2 heterocycles. The van der Waals surface area contributed by atoms with E-state index in [1.807, 2.05) is 77.8 Å². The molecule has 2 amide bonds. The molecule has 0 saturated heterocycles. The molecule has 32 heavy (non-hydrogen) atoms. The predicted molar refractivity (Wildman–Crippen MR) is 127 cm³/mol. The number of halogens is 1. The number of benzene rings is 3. The summed E-state index contributed by atoms with van der Waals surface area (Å²) in [6, 6.07) is 26.7. The zero-order valence-corrected chi connectivity index (χ0v) is 18.3. The summed E-state index contributed by atoms with van der Waals surface area (Å²) in [4.78, 5) is 15.5. The molecule has 1 atom stereocenters. The molecule has 0 spiro atoms. The van der Waals surface area contributed by atoms with Crippen LogP contribution in [0.3, 0.4) is 0 Å². The Morgan fingerprint density at radius 3 is 2.59 bits per heavy atom. The molecular formula is C26H22ClN3O2. The Bertz CT molecular complexity index is 1270. The first kappa shape index (κ1) is 20.2. The van der Waals surface area contributed by atoms with Crippen molar-refractivity contribution in [3.8, 4) is 11.4 Å². The number of hydrogen-bond acceptors (Lipinski definition) is 2. The van der Waals surface area contributed by atoms with Gasteiger partial charge in [0.15, 0.2) is 0 Å². The number of amides is 2. The molecule has 5 rings (SSSR count). The van der Waals surface area contributed by atoms with Gasteiger partial charge in [-0.25, -0.2) is 4.79 Å². The summed E-state index contributed by atoms with van der Waals surface area (Å²) in [6.45, 7) is 0.455. The van der Waals surface area contributed by atoms with Crippen LogP contribution in [0.1, 0.15) is 22.9 Å². The van der Waals surface area contributed by atoms with Crippen LogP contribution in [0.25, 0.3) is 5.69 Å². The highest BCUT2D eigenvalue weighted by atomic mass is 35.5. The van der Waals surface area contributed by atoms with Gasteiger partial charge in [-0.2, -0.15) is 0 Å². The number of para-hydroxylation sites is 1. The summed E-state index contributed by atoms with van der Waals surface area (Å²) in [5.41, 5.74) is 4.80. The number of fused-ring (bicyclic) bond motifs is 3. The number of methoxy groups -OCH3 is 1. The van der Waals surface area contributed by atoms with Crippen molar-refractivity contribution in [2.24, 2.45) is 0 Å². The Morgan fingerprint density at radius 2 is 1.81 bits per heavy atom. The quantitative estimate of drug-likeness (QED) is 0.405. The molecule has 0 fully saturated rings. The van der Waals surface area contributed by atoms with E-state index in [4.69, 9.17) is 16.3 Å². The Hall–Kier alpha value is -3.70. The van der Waals surface area contributed by atoms with Gasteiger partial charge in [-0.3, -0.25) is 0 Å². The molecule has 1 aromatic heterocycles. The highest BCUT2D eigenvalue weighted by Gasteiger charge is 2.33. The topological polar surface area (TPSA) is 46.5 Å². The fourth-order valence-corrected chi connectivity index (χ4v) is 4.44. The third-order valence-electron chi connectivity index (χ3n) is 5.73. The first-order valence-corrected chi connectivity index (χ1v) is 10.7. The number of hydrogen-bond donors (Lipinski definition) is 1. The van der Waals surface area contributed by atoms with Gasteiger partial charge in [-0.05, 0) is 65.7 Å². The summed E-state index contributed by atoms with van der Waals surface area (Å²) in [7, 11) is 1.62. The first-order chi connectivity index (χ1) is 15.6. The van der Waals surface area contributed by atoms with Gasteiger partial charge in [-0.15, -0.1) is 0 Å². The summed E-state index contributed by atoms with van der Waals surface area (Å²) in [5.74, 6) is 0.737. The summed E-state index contributed by atoms with van der Waals surface area (Å²) in [6.07, 6.45) is 2.04. The lowest BCUT2D eigenvalue weighted by Crippen LogP contribution is -2.37. The lowest BCUT2D eigenvalue weighted by molar-refractivity contribution is 0.194. The highest BCUT2D eigenvalue weighted by Crippen LogP contribution is 2.37. The minimum atomic E-state index is -0.311. The van der Waals surface area contributed by atoms with Crippen LogP contribution in [0.2, 0.25) is 5.02 Å². The molecule has 6 heteroatoms. The average molecular weight is 444 g/mol. The molecule has 160 valence electrons. The molecule has 4 aromatic rings. The van der Waals surface area contributed by atoms with Crippen LogP contribution in [0.4, 0.5) is 10.5 Å². The van der Waals surface area contributed by atoms with Crippen molar-refractivity contribution in [1.29, 1.82) is 0 Å². The summed E-state index contributed by atoms with van der Waals surface area (Å²) < 4.78 is 7.38. The van der Waals surface area contributed by atoms with E-state index in [0.29, 0.717) is 17.3 Å². The van der Waals surface area contributed by atoms with Gasteiger partial charge in [-0.1, -0.05) is 41.9 Å². The normalized spacial score (nSPS) is 14.8. The molecule has 1 N–H and O–H groups in total. The van der Waals surface area contributed by atoms with Crippen molar-refractivity contribution in [3.05, 3.63) is 113 Å². The van der Waals surface area contributed by atoms with Crippen molar-refractivity contribution in [2.75, 3.05) is 12.4 Å². The molecule has 5 nitrogen and oxygen atoms in total. The number of ether oxygens (including phenoxy) is 1. The maximum absolute atomic E-state index is 13.6. The minimum absolute atomic E-state index is 0.190. The van der Waals surface area contributed by atoms with Gasteiger partial charge >= 0.3 is 6.03 Å². The fraction of sp³-hybridized carbons (Fsp3) is 0.115.